The third kappa shape index (κ3) is 1.63. The third-order valence-electron chi connectivity index (χ3n) is 5.78. The molecule has 0 aromatic heterocycles. The average molecular weight is 319 g/mol. The third-order valence-corrected chi connectivity index (χ3v) is 5.78. The number of benzene rings is 4. The van der Waals surface area contributed by atoms with E-state index < -0.39 is 0 Å². The molecule has 0 fully saturated rings. The summed E-state index contributed by atoms with van der Waals surface area (Å²) in [5.41, 5.74) is 6.99. The predicted octanol–water partition coefficient (Wildman–Crippen LogP) is 6.18. The molecule has 1 heterocycles. The van der Waals surface area contributed by atoms with Crippen molar-refractivity contribution >= 4 is 22.1 Å². The van der Waals surface area contributed by atoms with Crippen molar-refractivity contribution in [3.05, 3.63) is 108 Å². The summed E-state index contributed by atoms with van der Waals surface area (Å²) in [6.45, 7) is 0. The topological polar surface area (TPSA) is 3.24 Å². The smallest absolute Gasteiger partial charge is 0.0707 e. The van der Waals surface area contributed by atoms with Gasteiger partial charge in [0.2, 0.25) is 0 Å². The number of nitrogens with zero attached hydrogens (tertiary/aromatic N) is 1. The number of anilines is 2. The first-order valence-electron chi connectivity index (χ1n) is 8.88. The van der Waals surface area contributed by atoms with Crippen molar-refractivity contribution in [2.75, 3.05) is 4.90 Å². The van der Waals surface area contributed by atoms with Gasteiger partial charge in [0, 0.05) is 17.3 Å². The Morgan fingerprint density at radius 2 is 1.24 bits per heavy atom. The number of fused-ring (bicyclic) bond motifs is 5. The number of para-hydroxylation sites is 2. The Morgan fingerprint density at radius 3 is 2.08 bits per heavy atom. The van der Waals surface area contributed by atoms with E-state index in [1.807, 2.05) is 0 Å². The Labute approximate surface area is 147 Å². The van der Waals surface area contributed by atoms with E-state index in [1.54, 1.807) is 0 Å². The standard InChI is InChI=1S/C24H17N/c1-2-10-17(11-3-1)25-21-15-5-4-12-18(21)23-19-13-6-8-16-9-7-14-20(22(16)19)24(23)25/h1-15,23-24H. The van der Waals surface area contributed by atoms with Crippen LogP contribution in [0, 0.1) is 0 Å². The highest BCUT2D eigenvalue weighted by atomic mass is 15.2. The summed E-state index contributed by atoms with van der Waals surface area (Å²) in [5, 5.41) is 2.81. The number of hydrogen-bond donors (Lipinski definition) is 0. The van der Waals surface area contributed by atoms with Crippen LogP contribution in [0.25, 0.3) is 10.8 Å². The Balaban J connectivity index is 1.70. The molecule has 0 amide bonds. The van der Waals surface area contributed by atoms with Crippen molar-refractivity contribution in [3.63, 3.8) is 0 Å². The molecule has 1 aliphatic heterocycles. The number of rotatable bonds is 1. The van der Waals surface area contributed by atoms with Crippen molar-refractivity contribution in [2.45, 2.75) is 12.0 Å². The lowest BCUT2D eigenvalue weighted by Gasteiger charge is -2.28. The quantitative estimate of drug-likeness (QED) is 0.405. The summed E-state index contributed by atoms with van der Waals surface area (Å²) in [6, 6.07) is 33.6. The first-order valence-corrected chi connectivity index (χ1v) is 8.88. The molecule has 118 valence electrons. The first-order chi connectivity index (χ1) is 12.4. The molecule has 0 N–H and O–H groups in total. The van der Waals surface area contributed by atoms with Gasteiger partial charge in [-0.15, -0.1) is 0 Å². The van der Waals surface area contributed by atoms with Crippen LogP contribution in [0.4, 0.5) is 11.4 Å². The lowest BCUT2D eigenvalue weighted by atomic mass is 9.92. The van der Waals surface area contributed by atoms with Crippen LogP contribution in [0.5, 0.6) is 0 Å². The zero-order valence-corrected chi connectivity index (χ0v) is 13.8. The SMILES string of the molecule is c1ccc(N2c3ccccc3C3c4cccc5cccc(c45)C32)cc1. The van der Waals surface area contributed by atoms with E-state index >= 15 is 0 Å². The maximum absolute atomic E-state index is 2.54. The van der Waals surface area contributed by atoms with E-state index in [9.17, 15) is 0 Å². The van der Waals surface area contributed by atoms with Gasteiger partial charge < -0.3 is 4.90 Å². The Bertz CT molecular complexity index is 1110. The zero-order chi connectivity index (χ0) is 16.4. The molecular weight excluding hydrogens is 302 g/mol. The average Bonchev–Trinajstić information content (AvgIpc) is 3.18. The first kappa shape index (κ1) is 13.3. The zero-order valence-electron chi connectivity index (χ0n) is 13.8. The van der Waals surface area contributed by atoms with E-state index in [0.29, 0.717) is 12.0 Å². The summed E-state index contributed by atoms with van der Waals surface area (Å²) in [6.07, 6.45) is 0. The molecule has 0 saturated heterocycles. The molecule has 1 aliphatic carbocycles. The van der Waals surface area contributed by atoms with E-state index in [4.69, 9.17) is 0 Å². The molecular formula is C24H17N. The second-order valence-corrected chi connectivity index (χ2v) is 6.98. The van der Waals surface area contributed by atoms with Crippen molar-refractivity contribution in [2.24, 2.45) is 0 Å². The summed E-state index contributed by atoms with van der Waals surface area (Å²) in [5.74, 6) is 0.414. The lowest BCUT2D eigenvalue weighted by molar-refractivity contribution is 0.689. The summed E-state index contributed by atoms with van der Waals surface area (Å²) < 4.78 is 0. The minimum atomic E-state index is 0.348. The van der Waals surface area contributed by atoms with Gasteiger partial charge in [-0.2, -0.15) is 0 Å². The summed E-state index contributed by atoms with van der Waals surface area (Å²) >= 11 is 0. The van der Waals surface area contributed by atoms with Crippen LogP contribution in [0.1, 0.15) is 28.7 Å². The lowest BCUT2D eigenvalue weighted by Crippen LogP contribution is -2.19. The van der Waals surface area contributed by atoms with E-state index in [2.05, 4.69) is 95.9 Å². The highest BCUT2D eigenvalue weighted by Gasteiger charge is 2.46. The van der Waals surface area contributed by atoms with E-state index in [0.717, 1.165) is 0 Å². The molecule has 6 rings (SSSR count). The molecule has 4 aromatic rings. The van der Waals surface area contributed by atoms with Crippen LogP contribution in [0.2, 0.25) is 0 Å². The van der Waals surface area contributed by atoms with Crippen LogP contribution in [0.15, 0.2) is 91.0 Å². The van der Waals surface area contributed by atoms with E-state index in [1.165, 1.54) is 38.8 Å². The summed E-state index contributed by atoms with van der Waals surface area (Å²) in [7, 11) is 0. The maximum Gasteiger partial charge on any atom is 0.0707 e. The Hall–Kier alpha value is -3.06. The van der Waals surface area contributed by atoms with Crippen LogP contribution in [0.3, 0.4) is 0 Å². The summed E-state index contributed by atoms with van der Waals surface area (Å²) in [4.78, 5) is 2.54. The Morgan fingerprint density at radius 1 is 0.560 bits per heavy atom. The van der Waals surface area contributed by atoms with Gasteiger partial charge in [0.15, 0.2) is 0 Å². The normalized spacial score (nSPS) is 19.9. The molecule has 0 saturated carbocycles. The monoisotopic (exact) mass is 319 g/mol. The van der Waals surface area contributed by atoms with Gasteiger partial charge in [-0.05, 0) is 45.7 Å². The van der Waals surface area contributed by atoms with Crippen molar-refractivity contribution < 1.29 is 0 Å². The molecule has 0 radical (unpaired) electrons. The fourth-order valence-corrected chi connectivity index (χ4v) is 4.89. The molecule has 1 heteroatoms. The van der Waals surface area contributed by atoms with Gasteiger partial charge in [0.05, 0.1) is 6.04 Å². The minimum Gasteiger partial charge on any atom is -0.333 e. The second-order valence-electron chi connectivity index (χ2n) is 6.98. The fraction of sp³-hybridized carbons (Fsp3) is 0.0833. The largest absolute Gasteiger partial charge is 0.333 e. The Kier molecular flexibility index (Phi) is 2.51. The maximum atomic E-state index is 2.54. The van der Waals surface area contributed by atoms with Crippen molar-refractivity contribution in [3.8, 4) is 0 Å². The molecule has 4 aromatic carbocycles. The molecule has 1 nitrogen and oxygen atoms in total. The predicted molar refractivity (Wildman–Crippen MR) is 104 cm³/mol. The van der Waals surface area contributed by atoms with Gasteiger partial charge in [-0.25, -0.2) is 0 Å². The second kappa shape index (κ2) is 4.73. The highest BCUT2D eigenvalue weighted by molar-refractivity contribution is 5.96. The van der Waals surface area contributed by atoms with Gasteiger partial charge in [0.1, 0.15) is 0 Å². The van der Waals surface area contributed by atoms with Crippen LogP contribution in [-0.4, -0.2) is 0 Å². The number of hydrogen-bond acceptors (Lipinski definition) is 1. The minimum absolute atomic E-state index is 0.348. The van der Waals surface area contributed by atoms with Gasteiger partial charge in [-0.3, -0.25) is 0 Å². The molecule has 0 bridgehead atoms. The van der Waals surface area contributed by atoms with Gasteiger partial charge in [-0.1, -0.05) is 72.8 Å². The van der Waals surface area contributed by atoms with E-state index in [-0.39, 0.29) is 0 Å². The highest BCUT2D eigenvalue weighted by Crippen LogP contribution is 2.60. The van der Waals surface area contributed by atoms with Crippen LogP contribution < -0.4 is 4.90 Å². The molecule has 2 atom stereocenters. The van der Waals surface area contributed by atoms with Crippen molar-refractivity contribution in [1.82, 2.24) is 0 Å². The van der Waals surface area contributed by atoms with Crippen LogP contribution in [-0.2, 0) is 0 Å². The van der Waals surface area contributed by atoms with Crippen LogP contribution >= 0.6 is 0 Å². The fourth-order valence-electron chi connectivity index (χ4n) is 4.89. The molecule has 2 aliphatic rings. The van der Waals surface area contributed by atoms with Crippen molar-refractivity contribution in [1.29, 1.82) is 0 Å². The van der Waals surface area contributed by atoms with Gasteiger partial charge in [0.25, 0.3) is 0 Å². The molecule has 25 heavy (non-hydrogen) atoms. The molecule has 2 unspecified atom stereocenters. The van der Waals surface area contributed by atoms with Gasteiger partial charge >= 0.3 is 0 Å². The molecule has 0 spiro atoms.